The van der Waals surface area contributed by atoms with Gasteiger partial charge in [-0.3, -0.25) is 10.1 Å². The molecule has 0 amide bonds. The van der Waals surface area contributed by atoms with E-state index in [1.165, 1.54) is 25.3 Å². The number of anilines is 1. The Morgan fingerprint density at radius 2 is 2.29 bits per heavy atom. The molecule has 2 atom stereocenters. The van der Waals surface area contributed by atoms with Crippen LogP contribution in [0.1, 0.15) is 39.0 Å². The molecule has 5 nitrogen and oxygen atoms in total. The highest BCUT2D eigenvalue weighted by Gasteiger charge is 2.17. The highest BCUT2D eigenvalue weighted by Crippen LogP contribution is 2.23. The molecule has 0 spiro atoms. The number of nitrogens with one attached hydrogen (secondary N) is 2. The van der Waals surface area contributed by atoms with Crippen molar-refractivity contribution in [1.29, 1.82) is 0 Å². The number of halogens is 1. The first kappa shape index (κ1) is 15.7. The molecule has 0 bridgehead atoms. The van der Waals surface area contributed by atoms with E-state index in [9.17, 15) is 14.5 Å². The number of rotatable bonds is 5. The number of nitro benzene ring substituents is 1. The van der Waals surface area contributed by atoms with Crippen molar-refractivity contribution >= 4 is 11.4 Å². The summed E-state index contributed by atoms with van der Waals surface area (Å²) in [4.78, 5) is 10.0. The minimum Gasteiger partial charge on any atom is -0.382 e. The Balaban J connectivity index is 1.94. The number of hydrogen-bond acceptors (Lipinski definition) is 4. The standard InChI is InChI=1S/C15H22FN3O2/c1-11(9-12-5-3-2-4-8-17-12)18-13-6-7-14(16)15(10-13)19(20)21/h6-7,10-12,17-18H,2-5,8-9H2,1H3. The third kappa shape index (κ3) is 4.67. The molecule has 116 valence electrons. The molecule has 2 rings (SSSR count). The summed E-state index contributed by atoms with van der Waals surface area (Å²) >= 11 is 0. The van der Waals surface area contributed by atoms with Crippen LogP contribution in [0.4, 0.5) is 15.8 Å². The molecule has 21 heavy (non-hydrogen) atoms. The second kappa shape index (κ2) is 7.36. The Kier molecular flexibility index (Phi) is 5.50. The normalized spacial score (nSPS) is 20.6. The van der Waals surface area contributed by atoms with E-state index in [1.807, 2.05) is 6.92 Å². The molecule has 2 N–H and O–H groups in total. The van der Waals surface area contributed by atoms with Crippen molar-refractivity contribution in [3.05, 3.63) is 34.1 Å². The third-order valence-corrected chi connectivity index (χ3v) is 3.86. The molecule has 0 saturated carbocycles. The van der Waals surface area contributed by atoms with Gasteiger partial charge in [-0.15, -0.1) is 0 Å². The number of nitrogens with zero attached hydrogens (tertiary/aromatic N) is 1. The van der Waals surface area contributed by atoms with Gasteiger partial charge in [0.2, 0.25) is 5.82 Å². The van der Waals surface area contributed by atoms with Crippen LogP contribution in [-0.4, -0.2) is 23.6 Å². The van der Waals surface area contributed by atoms with Crippen molar-refractivity contribution < 1.29 is 9.31 Å². The first-order chi connectivity index (χ1) is 10.1. The summed E-state index contributed by atoms with van der Waals surface area (Å²) < 4.78 is 13.3. The zero-order valence-corrected chi connectivity index (χ0v) is 12.3. The van der Waals surface area contributed by atoms with Gasteiger partial charge in [-0.1, -0.05) is 12.8 Å². The van der Waals surface area contributed by atoms with Gasteiger partial charge in [0, 0.05) is 23.8 Å². The summed E-state index contributed by atoms with van der Waals surface area (Å²) in [5, 5.41) is 17.5. The Morgan fingerprint density at radius 3 is 3.05 bits per heavy atom. The smallest absolute Gasteiger partial charge is 0.306 e. The number of benzene rings is 1. The van der Waals surface area contributed by atoms with E-state index in [0.29, 0.717) is 11.7 Å². The topological polar surface area (TPSA) is 67.2 Å². The predicted octanol–water partition coefficient (Wildman–Crippen LogP) is 3.46. The Labute approximate surface area is 124 Å². The van der Waals surface area contributed by atoms with Crippen LogP contribution in [-0.2, 0) is 0 Å². The molecule has 1 aliphatic heterocycles. The van der Waals surface area contributed by atoms with Crippen LogP contribution in [0.25, 0.3) is 0 Å². The molecular formula is C15H22FN3O2. The van der Waals surface area contributed by atoms with Crippen LogP contribution in [0.5, 0.6) is 0 Å². The lowest BCUT2D eigenvalue weighted by atomic mass is 10.0. The average Bonchev–Trinajstić information content (AvgIpc) is 2.69. The van der Waals surface area contributed by atoms with Gasteiger partial charge in [0.05, 0.1) is 4.92 Å². The van der Waals surface area contributed by atoms with Crippen LogP contribution >= 0.6 is 0 Å². The lowest BCUT2D eigenvalue weighted by molar-refractivity contribution is -0.387. The largest absolute Gasteiger partial charge is 0.382 e. The van der Waals surface area contributed by atoms with E-state index < -0.39 is 16.4 Å². The summed E-state index contributed by atoms with van der Waals surface area (Å²) in [6, 6.07) is 4.58. The molecule has 1 saturated heterocycles. The predicted molar refractivity (Wildman–Crippen MR) is 81.0 cm³/mol. The molecule has 1 aliphatic rings. The van der Waals surface area contributed by atoms with Gasteiger partial charge in [0.1, 0.15) is 0 Å². The van der Waals surface area contributed by atoms with Gasteiger partial charge in [-0.05, 0) is 44.9 Å². The first-order valence-corrected chi connectivity index (χ1v) is 7.50. The van der Waals surface area contributed by atoms with Crippen molar-refractivity contribution in [3.63, 3.8) is 0 Å². The minimum atomic E-state index is -0.802. The second-order valence-electron chi connectivity index (χ2n) is 5.70. The fourth-order valence-electron chi connectivity index (χ4n) is 2.81. The highest BCUT2D eigenvalue weighted by atomic mass is 19.1. The van der Waals surface area contributed by atoms with Gasteiger partial charge in [0.25, 0.3) is 0 Å². The molecule has 1 aromatic rings. The molecule has 1 heterocycles. The van der Waals surface area contributed by atoms with Gasteiger partial charge < -0.3 is 10.6 Å². The summed E-state index contributed by atoms with van der Waals surface area (Å²) in [7, 11) is 0. The Bertz CT molecular complexity index is 488. The third-order valence-electron chi connectivity index (χ3n) is 3.86. The molecular weight excluding hydrogens is 273 g/mol. The molecule has 6 heteroatoms. The molecule has 1 aromatic carbocycles. The van der Waals surface area contributed by atoms with Crippen molar-refractivity contribution in [3.8, 4) is 0 Å². The quantitative estimate of drug-likeness (QED) is 0.645. The van der Waals surface area contributed by atoms with Gasteiger partial charge in [-0.25, -0.2) is 0 Å². The van der Waals surface area contributed by atoms with Crippen LogP contribution in [0.2, 0.25) is 0 Å². The van der Waals surface area contributed by atoms with Crippen LogP contribution < -0.4 is 10.6 Å². The van der Waals surface area contributed by atoms with Crippen molar-refractivity contribution in [1.82, 2.24) is 5.32 Å². The maximum Gasteiger partial charge on any atom is 0.306 e. The van der Waals surface area contributed by atoms with Crippen LogP contribution in [0, 0.1) is 15.9 Å². The fourth-order valence-corrected chi connectivity index (χ4v) is 2.81. The van der Waals surface area contributed by atoms with Gasteiger partial charge in [0.15, 0.2) is 0 Å². The first-order valence-electron chi connectivity index (χ1n) is 7.50. The van der Waals surface area contributed by atoms with Crippen LogP contribution in [0.15, 0.2) is 18.2 Å². The Hall–Kier alpha value is -1.69. The summed E-state index contributed by atoms with van der Waals surface area (Å²) in [5.41, 5.74) is 0.101. The lowest BCUT2D eigenvalue weighted by Crippen LogP contribution is -2.33. The Morgan fingerprint density at radius 1 is 1.48 bits per heavy atom. The van der Waals surface area contributed by atoms with E-state index in [2.05, 4.69) is 10.6 Å². The van der Waals surface area contributed by atoms with Crippen molar-refractivity contribution in [2.45, 2.75) is 51.1 Å². The maximum atomic E-state index is 13.3. The summed E-state index contributed by atoms with van der Waals surface area (Å²) in [6.45, 7) is 3.10. The lowest BCUT2D eigenvalue weighted by Gasteiger charge is -2.22. The molecule has 0 radical (unpaired) electrons. The maximum absolute atomic E-state index is 13.3. The van der Waals surface area contributed by atoms with E-state index in [0.717, 1.165) is 25.5 Å². The monoisotopic (exact) mass is 295 g/mol. The summed E-state index contributed by atoms with van der Waals surface area (Å²) in [5.74, 6) is -0.802. The SMILES string of the molecule is CC(CC1CCCCCN1)Nc1ccc(F)c([N+](=O)[O-])c1. The summed E-state index contributed by atoms with van der Waals surface area (Å²) in [6.07, 6.45) is 5.85. The second-order valence-corrected chi connectivity index (χ2v) is 5.70. The molecule has 1 fully saturated rings. The minimum absolute atomic E-state index is 0.172. The van der Waals surface area contributed by atoms with Gasteiger partial charge in [-0.2, -0.15) is 4.39 Å². The molecule has 2 unspecified atom stereocenters. The zero-order chi connectivity index (χ0) is 15.2. The van der Waals surface area contributed by atoms with E-state index in [-0.39, 0.29) is 6.04 Å². The van der Waals surface area contributed by atoms with E-state index in [1.54, 1.807) is 6.07 Å². The van der Waals surface area contributed by atoms with E-state index >= 15 is 0 Å². The van der Waals surface area contributed by atoms with Crippen molar-refractivity contribution in [2.24, 2.45) is 0 Å². The zero-order valence-electron chi connectivity index (χ0n) is 12.3. The molecule has 0 aromatic heterocycles. The van der Waals surface area contributed by atoms with E-state index in [4.69, 9.17) is 0 Å². The highest BCUT2D eigenvalue weighted by molar-refractivity contribution is 5.52. The van der Waals surface area contributed by atoms with Crippen molar-refractivity contribution in [2.75, 3.05) is 11.9 Å². The molecule has 0 aliphatic carbocycles. The number of hydrogen-bond donors (Lipinski definition) is 2. The average molecular weight is 295 g/mol. The number of nitro groups is 1. The fraction of sp³-hybridized carbons (Fsp3) is 0.600. The van der Waals surface area contributed by atoms with Crippen LogP contribution in [0.3, 0.4) is 0 Å². The van der Waals surface area contributed by atoms with Gasteiger partial charge >= 0.3 is 5.69 Å².